The van der Waals surface area contributed by atoms with Crippen LogP contribution in [0.3, 0.4) is 0 Å². The molecule has 4 nitrogen and oxygen atoms in total. The van der Waals surface area contributed by atoms with E-state index in [0.29, 0.717) is 27.8 Å². The van der Waals surface area contributed by atoms with Crippen molar-refractivity contribution >= 4 is 28.1 Å². The maximum absolute atomic E-state index is 12.1. The third kappa shape index (κ3) is 3.11. The van der Waals surface area contributed by atoms with Crippen LogP contribution in [0.15, 0.2) is 35.5 Å². The summed E-state index contributed by atoms with van der Waals surface area (Å²) in [6, 6.07) is 5.04. The van der Waals surface area contributed by atoms with E-state index in [4.69, 9.17) is 17.3 Å². The Hall–Kier alpha value is -1.33. The van der Waals surface area contributed by atoms with Gasteiger partial charge in [-0.25, -0.2) is 0 Å². The van der Waals surface area contributed by atoms with Gasteiger partial charge in [-0.1, -0.05) is 11.6 Å². The van der Waals surface area contributed by atoms with Crippen LogP contribution < -0.4 is 5.73 Å². The van der Waals surface area contributed by atoms with Crippen LogP contribution in [0.4, 0.5) is 5.69 Å². The summed E-state index contributed by atoms with van der Waals surface area (Å²) >= 11 is 5.88. The highest BCUT2D eigenvalue weighted by Crippen LogP contribution is 2.21. The molecular formula is C12H14ClN3OS. The average Bonchev–Trinajstić information content (AvgIpc) is 2.75. The van der Waals surface area contributed by atoms with Crippen LogP contribution in [-0.4, -0.2) is 19.7 Å². The molecule has 0 aliphatic heterocycles. The highest BCUT2D eigenvalue weighted by atomic mass is 35.5. The fourth-order valence-electron chi connectivity index (χ4n) is 1.63. The number of hydrogen-bond acceptors (Lipinski definition) is 3. The molecule has 0 aliphatic rings. The third-order valence-electron chi connectivity index (χ3n) is 2.56. The fourth-order valence-corrected chi connectivity index (χ4v) is 3.09. The standard InChI is InChI=1S/C12H14ClN3OS/c1-16-8-9(7-15-16)4-5-18(17)12-6-10(13)2-3-11(12)14/h2-3,6-8H,4-5,14H2,1H3. The lowest BCUT2D eigenvalue weighted by molar-refractivity contribution is 0.682. The van der Waals surface area contributed by atoms with Crippen LogP contribution in [0, 0.1) is 0 Å². The van der Waals surface area contributed by atoms with E-state index < -0.39 is 10.8 Å². The molecule has 2 rings (SSSR count). The zero-order valence-electron chi connectivity index (χ0n) is 9.97. The topological polar surface area (TPSA) is 60.9 Å². The summed E-state index contributed by atoms with van der Waals surface area (Å²) in [4.78, 5) is 0.603. The van der Waals surface area contributed by atoms with Crippen molar-refractivity contribution < 1.29 is 4.21 Å². The van der Waals surface area contributed by atoms with Crippen molar-refractivity contribution in [2.45, 2.75) is 11.3 Å². The molecule has 0 fully saturated rings. The highest BCUT2D eigenvalue weighted by Gasteiger charge is 2.09. The van der Waals surface area contributed by atoms with Crippen molar-refractivity contribution in [3.63, 3.8) is 0 Å². The number of benzene rings is 1. The molecule has 2 N–H and O–H groups in total. The second-order valence-corrected chi connectivity index (χ2v) is 5.98. The molecule has 0 saturated heterocycles. The predicted octanol–water partition coefficient (Wildman–Crippen LogP) is 2.01. The molecule has 0 bridgehead atoms. The molecule has 0 saturated carbocycles. The van der Waals surface area contributed by atoms with E-state index in [1.54, 1.807) is 29.1 Å². The Kier molecular flexibility index (Phi) is 4.04. The normalized spacial score (nSPS) is 12.6. The molecule has 0 aliphatic carbocycles. The Balaban J connectivity index is 2.05. The number of nitrogens with two attached hydrogens (primary N) is 1. The van der Waals surface area contributed by atoms with Gasteiger partial charge in [0.1, 0.15) is 0 Å². The first-order chi connectivity index (χ1) is 8.56. The summed E-state index contributed by atoms with van der Waals surface area (Å²) in [5.74, 6) is 0.510. The first-order valence-corrected chi connectivity index (χ1v) is 7.17. The lowest BCUT2D eigenvalue weighted by atomic mass is 10.3. The lowest BCUT2D eigenvalue weighted by Crippen LogP contribution is -2.04. The van der Waals surface area contributed by atoms with Gasteiger partial charge in [0.2, 0.25) is 0 Å². The molecule has 1 atom stereocenters. The predicted molar refractivity (Wildman–Crippen MR) is 74.1 cm³/mol. The summed E-state index contributed by atoms with van der Waals surface area (Å²) in [7, 11) is 0.714. The Morgan fingerprint density at radius 1 is 1.50 bits per heavy atom. The van der Waals surface area contributed by atoms with E-state index in [1.807, 2.05) is 13.2 Å². The van der Waals surface area contributed by atoms with Gasteiger partial charge >= 0.3 is 0 Å². The summed E-state index contributed by atoms with van der Waals surface area (Å²) < 4.78 is 13.9. The van der Waals surface area contributed by atoms with Gasteiger partial charge in [-0.05, 0) is 30.2 Å². The Morgan fingerprint density at radius 2 is 2.28 bits per heavy atom. The average molecular weight is 284 g/mol. The van der Waals surface area contributed by atoms with Crippen molar-refractivity contribution in [2.75, 3.05) is 11.5 Å². The van der Waals surface area contributed by atoms with E-state index in [1.165, 1.54) is 0 Å². The zero-order chi connectivity index (χ0) is 13.1. The molecule has 6 heteroatoms. The van der Waals surface area contributed by atoms with Crippen LogP contribution in [-0.2, 0) is 24.3 Å². The van der Waals surface area contributed by atoms with Gasteiger partial charge in [0.25, 0.3) is 0 Å². The number of nitrogen functional groups attached to an aromatic ring is 1. The van der Waals surface area contributed by atoms with Gasteiger partial charge < -0.3 is 5.73 Å². The molecule has 0 amide bonds. The Morgan fingerprint density at radius 3 is 2.94 bits per heavy atom. The second-order valence-electron chi connectivity index (χ2n) is 4.00. The molecule has 0 spiro atoms. The summed E-state index contributed by atoms with van der Waals surface area (Å²) in [6.45, 7) is 0. The molecule has 1 aromatic carbocycles. The first-order valence-electron chi connectivity index (χ1n) is 5.47. The van der Waals surface area contributed by atoms with Crippen molar-refractivity contribution in [1.29, 1.82) is 0 Å². The molecule has 18 heavy (non-hydrogen) atoms. The molecule has 1 unspecified atom stereocenters. The SMILES string of the molecule is Cn1cc(CCS(=O)c2cc(Cl)ccc2N)cn1. The Bertz CT molecular complexity index is 582. The number of anilines is 1. The van der Waals surface area contributed by atoms with Gasteiger partial charge in [0, 0.05) is 29.7 Å². The van der Waals surface area contributed by atoms with Gasteiger partial charge in [-0.2, -0.15) is 5.10 Å². The first kappa shape index (κ1) is 13.1. The van der Waals surface area contributed by atoms with Gasteiger partial charge in [-0.3, -0.25) is 8.89 Å². The van der Waals surface area contributed by atoms with Gasteiger partial charge in [-0.15, -0.1) is 0 Å². The maximum atomic E-state index is 12.1. The number of hydrogen-bond donors (Lipinski definition) is 1. The minimum atomic E-state index is -1.14. The molecule has 2 aromatic rings. The number of nitrogens with zero attached hydrogens (tertiary/aromatic N) is 2. The maximum Gasteiger partial charge on any atom is 0.0632 e. The third-order valence-corrected chi connectivity index (χ3v) is 4.21. The molecule has 1 aromatic heterocycles. The van der Waals surface area contributed by atoms with Gasteiger partial charge in [0.05, 0.1) is 21.9 Å². The molecule has 0 radical (unpaired) electrons. The highest BCUT2D eigenvalue weighted by molar-refractivity contribution is 7.85. The van der Waals surface area contributed by atoms with Crippen LogP contribution in [0.25, 0.3) is 0 Å². The van der Waals surface area contributed by atoms with Crippen molar-refractivity contribution in [2.24, 2.45) is 7.05 Å². The minimum Gasteiger partial charge on any atom is -0.398 e. The summed E-state index contributed by atoms with van der Waals surface area (Å²) in [6.07, 6.45) is 4.39. The van der Waals surface area contributed by atoms with Crippen molar-refractivity contribution in [3.05, 3.63) is 41.2 Å². The summed E-state index contributed by atoms with van der Waals surface area (Å²) in [5, 5.41) is 4.62. The monoisotopic (exact) mass is 283 g/mol. The molecule has 96 valence electrons. The van der Waals surface area contributed by atoms with E-state index >= 15 is 0 Å². The Labute approximate surface area is 113 Å². The largest absolute Gasteiger partial charge is 0.398 e. The number of halogens is 1. The second kappa shape index (κ2) is 5.54. The van der Waals surface area contributed by atoms with Crippen LogP contribution >= 0.6 is 11.6 Å². The number of aromatic nitrogens is 2. The quantitative estimate of drug-likeness (QED) is 0.873. The number of rotatable bonds is 4. The van der Waals surface area contributed by atoms with Crippen LogP contribution in [0.5, 0.6) is 0 Å². The van der Waals surface area contributed by atoms with E-state index in [9.17, 15) is 4.21 Å². The van der Waals surface area contributed by atoms with Crippen LogP contribution in [0.1, 0.15) is 5.56 Å². The fraction of sp³-hybridized carbons (Fsp3) is 0.250. The zero-order valence-corrected chi connectivity index (χ0v) is 11.5. The molecular weight excluding hydrogens is 270 g/mol. The van der Waals surface area contributed by atoms with Gasteiger partial charge in [0.15, 0.2) is 0 Å². The molecule has 1 heterocycles. The van der Waals surface area contributed by atoms with Crippen molar-refractivity contribution in [1.82, 2.24) is 9.78 Å². The van der Waals surface area contributed by atoms with E-state index in [0.717, 1.165) is 5.56 Å². The van der Waals surface area contributed by atoms with E-state index in [-0.39, 0.29) is 0 Å². The minimum absolute atomic E-state index is 0.510. The van der Waals surface area contributed by atoms with E-state index in [2.05, 4.69) is 5.10 Å². The number of aryl methyl sites for hydroxylation is 2. The van der Waals surface area contributed by atoms with Crippen molar-refractivity contribution in [3.8, 4) is 0 Å². The summed E-state index contributed by atoms with van der Waals surface area (Å²) in [5.41, 5.74) is 7.37. The van der Waals surface area contributed by atoms with Crippen LogP contribution in [0.2, 0.25) is 5.02 Å². The smallest absolute Gasteiger partial charge is 0.0632 e. The lowest BCUT2D eigenvalue weighted by Gasteiger charge is -2.05.